The summed E-state index contributed by atoms with van der Waals surface area (Å²) >= 11 is 0. The Morgan fingerprint density at radius 3 is 2.30 bits per heavy atom. The lowest BCUT2D eigenvalue weighted by Crippen LogP contribution is -2.02. The third-order valence-electron chi connectivity index (χ3n) is 2.99. The van der Waals surface area contributed by atoms with Crippen LogP contribution in [0.25, 0.3) is 0 Å². The Bertz CT molecular complexity index is 719. The van der Waals surface area contributed by atoms with Crippen LogP contribution in [0.5, 0.6) is 17.2 Å². The van der Waals surface area contributed by atoms with Gasteiger partial charge in [0.2, 0.25) is 0 Å². The van der Waals surface area contributed by atoms with Crippen molar-refractivity contribution in [2.45, 2.75) is 0 Å². The van der Waals surface area contributed by atoms with Crippen LogP contribution in [0.4, 0.5) is 0 Å². The fourth-order valence-corrected chi connectivity index (χ4v) is 1.87. The van der Waals surface area contributed by atoms with Crippen LogP contribution in [-0.2, 0) is 9.53 Å². The molecule has 0 amide bonds. The second-order valence-electron chi connectivity index (χ2n) is 4.50. The highest BCUT2D eigenvalue weighted by molar-refractivity contribution is 6.09. The van der Waals surface area contributed by atoms with Crippen molar-refractivity contribution in [1.29, 1.82) is 0 Å². The van der Waals surface area contributed by atoms with Crippen LogP contribution >= 0.6 is 0 Å². The number of esters is 1. The molecular formula is C18H16O5. The average molecular weight is 312 g/mol. The Morgan fingerprint density at radius 2 is 1.65 bits per heavy atom. The molecule has 5 heteroatoms. The van der Waals surface area contributed by atoms with Crippen molar-refractivity contribution in [2.75, 3.05) is 14.2 Å². The van der Waals surface area contributed by atoms with Crippen molar-refractivity contribution in [2.24, 2.45) is 0 Å². The van der Waals surface area contributed by atoms with Gasteiger partial charge in [-0.05, 0) is 36.4 Å². The van der Waals surface area contributed by atoms with Gasteiger partial charge in [-0.15, -0.1) is 0 Å². The van der Waals surface area contributed by atoms with Gasteiger partial charge in [0.05, 0.1) is 19.8 Å². The third kappa shape index (κ3) is 4.44. The number of carbonyl (C=O) groups is 2. The van der Waals surface area contributed by atoms with Crippen molar-refractivity contribution in [3.05, 3.63) is 66.2 Å². The number of para-hydroxylation sites is 1. The molecule has 0 aliphatic carbocycles. The van der Waals surface area contributed by atoms with Crippen molar-refractivity contribution in [3.8, 4) is 17.2 Å². The summed E-state index contributed by atoms with van der Waals surface area (Å²) in [5.41, 5.74) is 0.293. The van der Waals surface area contributed by atoms with Gasteiger partial charge in [-0.1, -0.05) is 18.2 Å². The van der Waals surface area contributed by atoms with Crippen LogP contribution in [-0.4, -0.2) is 26.0 Å². The number of rotatable bonds is 6. The molecule has 0 bridgehead atoms. The number of methoxy groups -OCH3 is 2. The highest BCUT2D eigenvalue weighted by Crippen LogP contribution is 2.28. The van der Waals surface area contributed by atoms with Crippen LogP contribution in [0.1, 0.15) is 10.4 Å². The maximum atomic E-state index is 12.2. The molecule has 0 fully saturated rings. The molecule has 0 N–H and O–H groups in total. The van der Waals surface area contributed by atoms with Gasteiger partial charge in [0.15, 0.2) is 5.78 Å². The number of ketones is 1. The van der Waals surface area contributed by atoms with E-state index in [1.165, 1.54) is 14.2 Å². The Hall–Kier alpha value is -3.08. The summed E-state index contributed by atoms with van der Waals surface area (Å²) < 4.78 is 15.3. The molecule has 5 nitrogen and oxygen atoms in total. The Labute approximate surface area is 134 Å². The van der Waals surface area contributed by atoms with Crippen LogP contribution < -0.4 is 9.47 Å². The molecule has 0 aliphatic heterocycles. The van der Waals surface area contributed by atoms with Crippen molar-refractivity contribution in [3.63, 3.8) is 0 Å². The van der Waals surface area contributed by atoms with E-state index in [4.69, 9.17) is 9.47 Å². The number of benzene rings is 2. The molecule has 0 aliphatic rings. The van der Waals surface area contributed by atoms with Crippen LogP contribution in [0, 0.1) is 0 Å². The highest BCUT2D eigenvalue weighted by atomic mass is 16.5. The topological polar surface area (TPSA) is 61.8 Å². The van der Waals surface area contributed by atoms with Crippen molar-refractivity contribution in [1.82, 2.24) is 0 Å². The lowest BCUT2D eigenvalue weighted by atomic mass is 10.1. The van der Waals surface area contributed by atoms with E-state index in [1.54, 1.807) is 18.2 Å². The molecule has 0 unspecified atom stereocenters. The number of hydrogen-bond acceptors (Lipinski definition) is 5. The Kier molecular flexibility index (Phi) is 5.52. The van der Waals surface area contributed by atoms with Gasteiger partial charge in [-0.2, -0.15) is 0 Å². The fourth-order valence-electron chi connectivity index (χ4n) is 1.87. The minimum absolute atomic E-state index is 0.293. The normalized spacial score (nSPS) is 10.3. The van der Waals surface area contributed by atoms with E-state index in [2.05, 4.69) is 4.74 Å². The Morgan fingerprint density at radius 1 is 0.913 bits per heavy atom. The third-order valence-corrected chi connectivity index (χ3v) is 2.99. The zero-order valence-corrected chi connectivity index (χ0v) is 12.8. The first-order valence-corrected chi connectivity index (χ1v) is 6.85. The maximum absolute atomic E-state index is 12.2. The lowest BCUT2D eigenvalue weighted by molar-refractivity contribution is -0.134. The SMILES string of the molecule is COC(=O)/C=C/C(=O)c1cc(Oc2ccccc2)ccc1OC. The molecular weight excluding hydrogens is 296 g/mol. The van der Waals surface area contributed by atoms with Crippen molar-refractivity contribution >= 4 is 11.8 Å². The molecule has 0 radical (unpaired) electrons. The van der Waals surface area contributed by atoms with Gasteiger partial charge in [-0.3, -0.25) is 4.79 Å². The summed E-state index contributed by atoms with van der Waals surface area (Å²) in [5.74, 6) is 0.553. The van der Waals surface area contributed by atoms with Gasteiger partial charge in [0.1, 0.15) is 17.2 Å². The Balaban J connectivity index is 2.27. The predicted molar refractivity (Wildman–Crippen MR) is 85.0 cm³/mol. The molecule has 0 spiro atoms. The van der Waals surface area contributed by atoms with Gasteiger partial charge >= 0.3 is 5.97 Å². The highest BCUT2D eigenvalue weighted by Gasteiger charge is 2.12. The first-order valence-electron chi connectivity index (χ1n) is 6.85. The quantitative estimate of drug-likeness (QED) is 0.465. The standard InChI is InChI=1S/C18H16O5/c1-21-17-10-8-14(23-13-6-4-3-5-7-13)12-15(17)16(19)9-11-18(20)22-2/h3-12H,1-2H3/b11-9+. The summed E-state index contributed by atoms with van der Waals surface area (Å²) in [7, 11) is 2.71. The zero-order chi connectivity index (χ0) is 16.7. The minimum atomic E-state index is -0.603. The summed E-state index contributed by atoms with van der Waals surface area (Å²) in [6, 6.07) is 14.1. The molecule has 0 saturated heterocycles. The van der Waals surface area contributed by atoms with E-state index in [9.17, 15) is 9.59 Å². The molecule has 2 rings (SSSR count). The van der Waals surface area contributed by atoms with Crippen LogP contribution in [0.2, 0.25) is 0 Å². The molecule has 0 heterocycles. The predicted octanol–water partition coefficient (Wildman–Crippen LogP) is 3.40. The zero-order valence-electron chi connectivity index (χ0n) is 12.8. The number of hydrogen-bond donors (Lipinski definition) is 0. The number of ether oxygens (including phenoxy) is 3. The summed E-state index contributed by atoms with van der Waals surface area (Å²) in [4.78, 5) is 23.3. The first-order chi connectivity index (χ1) is 11.1. The van der Waals surface area contributed by atoms with Crippen LogP contribution in [0.15, 0.2) is 60.7 Å². The van der Waals surface area contributed by atoms with E-state index in [0.717, 1.165) is 12.2 Å². The van der Waals surface area contributed by atoms with Gasteiger partial charge in [0, 0.05) is 6.08 Å². The summed E-state index contributed by atoms with van der Waals surface area (Å²) in [6.45, 7) is 0. The van der Waals surface area contributed by atoms with E-state index < -0.39 is 5.97 Å². The van der Waals surface area contributed by atoms with E-state index in [-0.39, 0.29) is 5.78 Å². The smallest absolute Gasteiger partial charge is 0.330 e. The molecule has 2 aromatic carbocycles. The van der Waals surface area contributed by atoms with Crippen molar-refractivity contribution < 1.29 is 23.8 Å². The van der Waals surface area contributed by atoms with E-state index in [1.807, 2.05) is 30.3 Å². The largest absolute Gasteiger partial charge is 0.496 e. The average Bonchev–Trinajstić information content (AvgIpc) is 2.60. The second kappa shape index (κ2) is 7.79. The second-order valence-corrected chi connectivity index (χ2v) is 4.50. The molecule has 0 aromatic heterocycles. The van der Waals surface area contributed by atoms with Gasteiger partial charge < -0.3 is 14.2 Å². The molecule has 23 heavy (non-hydrogen) atoms. The maximum Gasteiger partial charge on any atom is 0.330 e. The molecule has 2 aromatic rings. The lowest BCUT2D eigenvalue weighted by Gasteiger charge is -2.10. The fraction of sp³-hybridized carbons (Fsp3) is 0.111. The first kappa shape index (κ1) is 16.3. The number of carbonyl (C=O) groups excluding carboxylic acids is 2. The minimum Gasteiger partial charge on any atom is -0.496 e. The van der Waals surface area contributed by atoms with E-state index in [0.29, 0.717) is 22.8 Å². The van der Waals surface area contributed by atoms with Gasteiger partial charge in [-0.25, -0.2) is 4.79 Å². The monoisotopic (exact) mass is 312 g/mol. The number of allylic oxidation sites excluding steroid dienone is 1. The summed E-state index contributed by atoms with van der Waals surface area (Å²) in [5, 5.41) is 0. The molecule has 0 saturated carbocycles. The molecule has 0 atom stereocenters. The van der Waals surface area contributed by atoms with E-state index >= 15 is 0 Å². The molecule has 118 valence electrons. The van der Waals surface area contributed by atoms with Gasteiger partial charge in [0.25, 0.3) is 0 Å². The van der Waals surface area contributed by atoms with Crippen LogP contribution in [0.3, 0.4) is 0 Å². The summed E-state index contributed by atoms with van der Waals surface area (Å²) in [6.07, 6.45) is 2.20.